The summed E-state index contributed by atoms with van der Waals surface area (Å²) in [6.45, 7) is 6.32. The van der Waals surface area contributed by atoms with E-state index in [1.165, 1.54) is 0 Å². The Morgan fingerprint density at radius 1 is 0.970 bits per heavy atom. The van der Waals surface area contributed by atoms with Crippen LogP contribution in [0.3, 0.4) is 0 Å². The normalized spacial score (nSPS) is 15.7. The van der Waals surface area contributed by atoms with Crippen LogP contribution in [0.25, 0.3) is 0 Å². The molecule has 1 heterocycles. The minimum Gasteiger partial charge on any atom is -0.497 e. The maximum Gasteiger partial charge on any atom is 0.251 e. The fourth-order valence-corrected chi connectivity index (χ4v) is 4.17. The lowest BCUT2D eigenvalue weighted by Gasteiger charge is -2.30. The summed E-state index contributed by atoms with van der Waals surface area (Å²) in [7, 11) is 3.24. The molecule has 1 aliphatic heterocycles. The van der Waals surface area contributed by atoms with Crippen molar-refractivity contribution in [1.82, 2.24) is 15.5 Å². The molecule has 33 heavy (non-hydrogen) atoms. The van der Waals surface area contributed by atoms with Crippen LogP contribution in [0.1, 0.15) is 48.7 Å². The van der Waals surface area contributed by atoms with Crippen LogP contribution in [-0.2, 0) is 4.79 Å². The van der Waals surface area contributed by atoms with Gasteiger partial charge in [0.15, 0.2) is 0 Å². The summed E-state index contributed by atoms with van der Waals surface area (Å²) < 4.78 is 10.5. The first-order valence-corrected chi connectivity index (χ1v) is 11.5. The zero-order valence-corrected chi connectivity index (χ0v) is 20.0. The molecule has 7 nitrogen and oxygen atoms in total. The highest BCUT2D eigenvalue weighted by molar-refractivity contribution is 5.97. The molecule has 0 radical (unpaired) electrons. The predicted molar refractivity (Wildman–Crippen MR) is 129 cm³/mol. The van der Waals surface area contributed by atoms with Gasteiger partial charge < -0.3 is 20.1 Å². The van der Waals surface area contributed by atoms with Gasteiger partial charge in [-0.15, -0.1) is 0 Å². The number of carbonyl (C=O) groups is 2. The average molecular weight is 454 g/mol. The maximum atomic E-state index is 13.1. The van der Waals surface area contributed by atoms with Gasteiger partial charge in [0.2, 0.25) is 5.91 Å². The third kappa shape index (κ3) is 6.48. The summed E-state index contributed by atoms with van der Waals surface area (Å²) in [6, 6.07) is 14.3. The van der Waals surface area contributed by atoms with Crippen molar-refractivity contribution in [2.45, 2.75) is 38.8 Å². The Balaban J connectivity index is 1.68. The van der Waals surface area contributed by atoms with Gasteiger partial charge >= 0.3 is 0 Å². The molecule has 178 valence electrons. The molecule has 2 N–H and O–H groups in total. The minimum absolute atomic E-state index is 0.0525. The number of amides is 2. The monoisotopic (exact) mass is 453 g/mol. The molecule has 0 aliphatic carbocycles. The third-order valence-corrected chi connectivity index (χ3v) is 6.12. The first kappa shape index (κ1) is 24.6. The van der Waals surface area contributed by atoms with Crippen LogP contribution in [0, 0.1) is 5.92 Å². The van der Waals surface area contributed by atoms with Gasteiger partial charge in [-0.25, -0.2) is 0 Å². The smallest absolute Gasteiger partial charge is 0.251 e. The molecular formula is C26H35N3O4. The summed E-state index contributed by atoms with van der Waals surface area (Å²) in [6.07, 6.45) is 2.31. The first-order valence-electron chi connectivity index (χ1n) is 11.5. The van der Waals surface area contributed by atoms with Gasteiger partial charge in [0.1, 0.15) is 17.5 Å². The molecule has 2 amide bonds. The van der Waals surface area contributed by atoms with Crippen molar-refractivity contribution in [2.75, 3.05) is 33.9 Å². The van der Waals surface area contributed by atoms with Crippen LogP contribution in [-0.4, -0.2) is 56.6 Å². The summed E-state index contributed by atoms with van der Waals surface area (Å²) in [5.74, 6) is 0.952. The first-order chi connectivity index (χ1) is 15.9. The van der Waals surface area contributed by atoms with Crippen molar-refractivity contribution in [3.63, 3.8) is 0 Å². The SMILES string of the molecule is COc1ccc(C(=O)N[C@@H](C(=O)NC[C@H](c2cccc(OC)c2)N2CCCC2)C(C)C)cc1. The second-order valence-corrected chi connectivity index (χ2v) is 8.70. The number of nitrogens with one attached hydrogen (secondary N) is 2. The minimum atomic E-state index is -0.635. The van der Waals surface area contributed by atoms with Crippen LogP contribution in [0.15, 0.2) is 48.5 Å². The van der Waals surface area contributed by atoms with Crippen LogP contribution >= 0.6 is 0 Å². The molecule has 0 bridgehead atoms. The standard InChI is InChI=1S/C26H35N3O4/c1-18(2)24(28-25(30)19-10-12-21(32-3)13-11-19)26(31)27-17-23(29-14-5-6-15-29)20-8-7-9-22(16-20)33-4/h7-13,16,18,23-24H,5-6,14-15,17H2,1-4H3,(H,27,31)(H,28,30)/t23-,24-/m1/s1. The van der Waals surface area contributed by atoms with E-state index in [-0.39, 0.29) is 23.8 Å². The van der Waals surface area contributed by atoms with Crippen LogP contribution in [0.5, 0.6) is 11.5 Å². The van der Waals surface area contributed by atoms with Crippen molar-refractivity contribution in [3.05, 3.63) is 59.7 Å². The van der Waals surface area contributed by atoms with Crippen LogP contribution in [0.4, 0.5) is 0 Å². The molecule has 2 aromatic carbocycles. The highest BCUT2D eigenvalue weighted by atomic mass is 16.5. The van der Waals surface area contributed by atoms with Crippen LogP contribution in [0.2, 0.25) is 0 Å². The Bertz CT molecular complexity index is 923. The lowest BCUT2D eigenvalue weighted by molar-refractivity contribution is -0.124. The summed E-state index contributed by atoms with van der Waals surface area (Å²) in [5, 5.41) is 5.99. The number of likely N-dealkylation sites (tertiary alicyclic amines) is 1. The summed E-state index contributed by atoms with van der Waals surface area (Å²) >= 11 is 0. The van der Waals surface area contributed by atoms with E-state index in [1.807, 2.05) is 32.0 Å². The van der Waals surface area contributed by atoms with Crippen molar-refractivity contribution in [1.29, 1.82) is 0 Å². The predicted octanol–water partition coefficient (Wildman–Crippen LogP) is 3.41. The molecule has 1 fully saturated rings. The Hall–Kier alpha value is -3.06. The molecule has 3 rings (SSSR count). The Labute approximate surface area is 196 Å². The quantitative estimate of drug-likeness (QED) is 0.576. The van der Waals surface area contributed by atoms with E-state index in [1.54, 1.807) is 38.5 Å². The van der Waals surface area contributed by atoms with Gasteiger partial charge in [-0.3, -0.25) is 14.5 Å². The summed E-state index contributed by atoms with van der Waals surface area (Å²) in [5.41, 5.74) is 1.60. The fraction of sp³-hybridized carbons (Fsp3) is 0.462. The van der Waals surface area contributed by atoms with Crippen LogP contribution < -0.4 is 20.1 Å². The Kier molecular flexibility index (Phi) is 8.72. The van der Waals surface area contributed by atoms with E-state index in [9.17, 15) is 9.59 Å². The zero-order valence-electron chi connectivity index (χ0n) is 20.0. The molecule has 0 saturated carbocycles. The van der Waals surface area contributed by atoms with Crippen molar-refractivity contribution in [3.8, 4) is 11.5 Å². The largest absolute Gasteiger partial charge is 0.497 e. The number of ether oxygens (including phenoxy) is 2. The second-order valence-electron chi connectivity index (χ2n) is 8.70. The highest BCUT2D eigenvalue weighted by Gasteiger charge is 2.28. The van der Waals surface area contributed by atoms with Crippen molar-refractivity contribution >= 4 is 11.8 Å². The van der Waals surface area contributed by atoms with Gasteiger partial charge in [-0.2, -0.15) is 0 Å². The molecule has 0 unspecified atom stereocenters. The van der Waals surface area contributed by atoms with Gasteiger partial charge in [0.05, 0.1) is 20.3 Å². The van der Waals surface area contributed by atoms with Crippen molar-refractivity contribution < 1.29 is 19.1 Å². The second kappa shape index (κ2) is 11.7. The van der Waals surface area contributed by atoms with Gasteiger partial charge in [0.25, 0.3) is 5.91 Å². The molecular weight excluding hydrogens is 418 g/mol. The highest BCUT2D eigenvalue weighted by Crippen LogP contribution is 2.27. The van der Waals surface area contributed by atoms with Gasteiger partial charge in [-0.05, 0) is 73.8 Å². The number of carbonyl (C=O) groups excluding carboxylic acids is 2. The zero-order chi connectivity index (χ0) is 23.8. The molecule has 1 saturated heterocycles. The lowest BCUT2D eigenvalue weighted by Crippen LogP contribution is -2.51. The maximum absolute atomic E-state index is 13.1. The number of nitrogens with zero attached hydrogens (tertiary/aromatic N) is 1. The molecule has 2 aromatic rings. The van der Waals surface area contributed by atoms with E-state index < -0.39 is 6.04 Å². The number of rotatable bonds is 10. The Morgan fingerprint density at radius 3 is 2.24 bits per heavy atom. The van der Waals surface area contributed by atoms with Gasteiger partial charge in [-0.1, -0.05) is 26.0 Å². The van der Waals surface area contributed by atoms with E-state index in [2.05, 4.69) is 21.6 Å². The lowest BCUT2D eigenvalue weighted by atomic mass is 10.0. The number of methoxy groups -OCH3 is 2. The van der Waals surface area contributed by atoms with Crippen molar-refractivity contribution in [2.24, 2.45) is 5.92 Å². The molecule has 1 aliphatic rings. The molecule has 0 aromatic heterocycles. The van der Waals surface area contributed by atoms with E-state index in [0.29, 0.717) is 17.9 Å². The van der Waals surface area contributed by atoms with Gasteiger partial charge in [0, 0.05) is 12.1 Å². The molecule has 7 heteroatoms. The number of hydrogen-bond donors (Lipinski definition) is 2. The fourth-order valence-electron chi connectivity index (χ4n) is 4.17. The average Bonchev–Trinajstić information content (AvgIpc) is 3.37. The summed E-state index contributed by atoms with van der Waals surface area (Å²) in [4.78, 5) is 28.3. The Morgan fingerprint density at radius 2 is 1.64 bits per heavy atom. The topological polar surface area (TPSA) is 79.9 Å². The third-order valence-electron chi connectivity index (χ3n) is 6.12. The van der Waals surface area contributed by atoms with E-state index >= 15 is 0 Å². The van der Waals surface area contributed by atoms with E-state index in [0.717, 1.165) is 37.2 Å². The molecule has 2 atom stereocenters. The number of hydrogen-bond acceptors (Lipinski definition) is 5. The number of benzene rings is 2. The molecule has 0 spiro atoms. The van der Waals surface area contributed by atoms with E-state index in [4.69, 9.17) is 9.47 Å².